The van der Waals surface area contributed by atoms with Gasteiger partial charge < -0.3 is 15.4 Å². The molecule has 2 atom stereocenters. The third-order valence-electron chi connectivity index (χ3n) is 3.79. The van der Waals surface area contributed by atoms with Crippen LogP contribution in [0.15, 0.2) is 36.8 Å². The first-order valence-corrected chi connectivity index (χ1v) is 8.11. The normalized spacial score (nSPS) is 13.2. The summed E-state index contributed by atoms with van der Waals surface area (Å²) in [6.07, 6.45) is -0.334. The van der Waals surface area contributed by atoms with Gasteiger partial charge >= 0.3 is 0 Å². The molecule has 0 fully saturated rings. The van der Waals surface area contributed by atoms with Crippen molar-refractivity contribution >= 4 is 11.8 Å². The third-order valence-corrected chi connectivity index (χ3v) is 3.79. The zero-order valence-electron chi connectivity index (χ0n) is 15.0. The molecule has 2 amide bonds. The van der Waals surface area contributed by atoms with Gasteiger partial charge in [0.15, 0.2) is 5.60 Å². The lowest BCUT2D eigenvalue weighted by Crippen LogP contribution is -2.61. The van der Waals surface area contributed by atoms with Crippen molar-refractivity contribution in [3.63, 3.8) is 0 Å². The Labute approximate surface area is 164 Å². The fourth-order valence-corrected chi connectivity index (χ4v) is 2.11. The molecule has 0 saturated heterocycles. The van der Waals surface area contributed by atoms with Gasteiger partial charge in [-0.15, -0.1) is 0 Å². The number of hydroxylamine groups is 1. The number of amides is 2. The molecule has 8 nitrogen and oxygen atoms in total. The topological polar surface area (TPSA) is 127 Å². The van der Waals surface area contributed by atoms with Crippen LogP contribution in [-0.4, -0.2) is 50.2 Å². The highest BCUT2D eigenvalue weighted by Crippen LogP contribution is 2.20. The van der Waals surface area contributed by atoms with Crippen molar-refractivity contribution in [2.75, 3.05) is 0 Å². The van der Waals surface area contributed by atoms with Gasteiger partial charge in [0.1, 0.15) is 11.7 Å². The maximum atomic E-state index is 13.0. The summed E-state index contributed by atoms with van der Waals surface area (Å²) in [6.45, 7) is 0.668. The van der Waals surface area contributed by atoms with Gasteiger partial charge in [-0.2, -0.15) is 0 Å². The van der Waals surface area contributed by atoms with Gasteiger partial charge in [-0.1, -0.05) is 5.92 Å². The first-order chi connectivity index (χ1) is 13.8. The number of nitrogens with one attached hydrogen (secondary N) is 3. The average Bonchev–Trinajstić information content (AvgIpc) is 3.22. The van der Waals surface area contributed by atoms with Crippen LogP contribution in [0.25, 0.3) is 0 Å². The van der Waals surface area contributed by atoms with Gasteiger partial charge in [-0.05, 0) is 49.0 Å². The number of H-pyrrole nitrogens is 1. The number of nitrogens with zero attached hydrogens (tertiary/aromatic N) is 1. The predicted molar refractivity (Wildman–Crippen MR) is 96.6 cm³/mol. The van der Waals surface area contributed by atoms with Crippen LogP contribution in [0.4, 0.5) is 8.78 Å². The summed E-state index contributed by atoms with van der Waals surface area (Å²) in [7, 11) is 0. The van der Waals surface area contributed by atoms with Gasteiger partial charge in [0.05, 0.1) is 12.5 Å². The van der Waals surface area contributed by atoms with Crippen LogP contribution in [0.2, 0.25) is 0 Å². The molecule has 0 aliphatic rings. The fraction of sp³-hybridized carbons (Fsp3) is 0.211. The first kappa shape index (κ1) is 21.6. The largest absolute Gasteiger partial charge is 0.381 e. The van der Waals surface area contributed by atoms with E-state index >= 15 is 0 Å². The summed E-state index contributed by atoms with van der Waals surface area (Å²) in [5.74, 6) is 8.44. The van der Waals surface area contributed by atoms with Crippen LogP contribution in [0.1, 0.15) is 28.5 Å². The van der Waals surface area contributed by atoms with Gasteiger partial charge in [0, 0.05) is 11.1 Å². The number of halogens is 2. The maximum Gasteiger partial charge on any atom is 0.269 e. The Morgan fingerprint density at radius 2 is 1.86 bits per heavy atom. The van der Waals surface area contributed by atoms with E-state index in [1.807, 2.05) is 5.32 Å². The lowest BCUT2D eigenvalue weighted by Gasteiger charge is -2.30. The van der Waals surface area contributed by atoms with Crippen molar-refractivity contribution < 1.29 is 28.7 Å². The molecule has 1 aromatic heterocycles. The van der Waals surface area contributed by atoms with Crippen molar-refractivity contribution in [3.8, 4) is 23.7 Å². The Bertz CT molecular complexity index is 981. The average molecular weight is 402 g/mol. The van der Waals surface area contributed by atoms with E-state index in [1.54, 1.807) is 0 Å². The van der Waals surface area contributed by atoms with Crippen LogP contribution in [0, 0.1) is 23.7 Å². The Balaban J connectivity index is 2.10. The number of aromatic nitrogens is 2. The molecule has 2 aromatic rings. The maximum absolute atomic E-state index is 13.0. The van der Waals surface area contributed by atoms with E-state index in [1.165, 1.54) is 36.8 Å². The minimum absolute atomic E-state index is 0.0277. The molecule has 1 heterocycles. The standard InChI is InChI=1S/C19H16F2N4O4/c1-19(28,18(20)21)15(17(27)25-29)24-16(26)13-8-6-12(7-9-13)4-2-3-5-14-10-22-11-23-14/h6-11,15,18,28-29H,1H3,(H,22,23)(H,24,26)(H,25,27). The number of aromatic amines is 1. The first-order valence-electron chi connectivity index (χ1n) is 8.11. The van der Waals surface area contributed by atoms with Gasteiger partial charge in [0.2, 0.25) is 0 Å². The zero-order valence-corrected chi connectivity index (χ0v) is 15.0. The molecule has 2 rings (SSSR count). The Morgan fingerprint density at radius 1 is 1.21 bits per heavy atom. The van der Waals surface area contributed by atoms with E-state index in [9.17, 15) is 23.5 Å². The SMILES string of the molecule is CC(O)(C(F)F)C(NC(=O)c1ccc(C#CC#Cc2cnc[nH]2)cc1)C(=O)NO. The quantitative estimate of drug-likeness (QED) is 0.282. The highest BCUT2D eigenvalue weighted by Gasteiger charge is 2.46. The minimum atomic E-state index is -3.36. The number of hydrogen-bond acceptors (Lipinski definition) is 5. The summed E-state index contributed by atoms with van der Waals surface area (Å²) in [4.78, 5) is 30.5. The molecule has 10 heteroatoms. The van der Waals surface area contributed by atoms with Gasteiger partial charge in [0.25, 0.3) is 18.2 Å². The van der Waals surface area contributed by atoms with E-state index < -0.39 is 29.9 Å². The number of alkyl halides is 2. The van der Waals surface area contributed by atoms with E-state index in [2.05, 4.69) is 33.6 Å². The number of benzene rings is 1. The van der Waals surface area contributed by atoms with Crippen molar-refractivity contribution in [2.24, 2.45) is 0 Å². The number of carbonyl (C=O) groups is 2. The smallest absolute Gasteiger partial charge is 0.269 e. The Kier molecular flexibility index (Phi) is 7.04. The highest BCUT2D eigenvalue weighted by atomic mass is 19.3. The second-order valence-corrected chi connectivity index (χ2v) is 5.95. The van der Waals surface area contributed by atoms with Gasteiger partial charge in [-0.3, -0.25) is 14.8 Å². The molecule has 29 heavy (non-hydrogen) atoms. The minimum Gasteiger partial charge on any atom is -0.381 e. The second kappa shape index (κ2) is 9.46. The van der Waals surface area contributed by atoms with Crippen molar-refractivity contribution in [1.29, 1.82) is 0 Å². The van der Waals surface area contributed by atoms with Crippen LogP contribution in [0.3, 0.4) is 0 Å². The monoisotopic (exact) mass is 402 g/mol. The Hall–Kier alpha value is -3.73. The number of carbonyl (C=O) groups excluding carboxylic acids is 2. The number of imidazole rings is 1. The molecule has 0 aliphatic carbocycles. The highest BCUT2D eigenvalue weighted by molar-refractivity contribution is 5.97. The van der Waals surface area contributed by atoms with Crippen LogP contribution < -0.4 is 10.8 Å². The molecular weight excluding hydrogens is 386 g/mol. The number of aliphatic hydroxyl groups is 1. The summed E-state index contributed by atoms with van der Waals surface area (Å²) in [5.41, 5.74) is -0.591. The van der Waals surface area contributed by atoms with E-state index in [0.29, 0.717) is 18.2 Å². The van der Waals surface area contributed by atoms with E-state index in [0.717, 1.165) is 5.48 Å². The van der Waals surface area contributed by atoms with Gasteiger partial charge in [-0.25, -0.2) is 19.2 Å². The molecule has 5 N–H and O–H groups in total. The van der Waals surface area contributed by atoms with E-state index in [4.69, 9.17) is 5.21 Å². The summed E-state index contributed by atoms with van der Waals surface area (Å²) < 4.78 is 26.0. The molecule has 0 spiro atoms. The lowest BCUT2D eigenvalue weighted by molar-refractivity contribution is -0.149. The molecule has 2 unspecified atom stereocenters. The molecule has 0 radical (unpaired) electrons. The van der Waals surface area contributed by atoms with Crippen molar-refractivity contribution in [1.82, 2.24) is 20.8 Å². The predicted octanol–water partition coefficient (Wildman–Crippen LogP) is 0.433. The molecule has 0 saturated carbocycles. The van der Waals surface area contributed by atoms with Crippen LogP contribution in [0.5, 0.6) is 0 Å². The van der Waals surface area contributed by atoms with E-state index in [-0.39, 0.29) is 5.56 Å². The molecule has 0 bridgehead atoms. The fourth-order valence-electron chi connectivity index (χ4n) is 2.11. The summed E-state index contributed by atoms with van der Waals surface area (Å²) in [6, 6.07) is 3.61. The summed E-state index contributed by atoms with van der Waals surface area (Å²) in [5, 5.41) is 20.5. The third kappa shape index (κ3) is 5.62. The van der Waals surface area contributed by atoms with Crippen LogP contribution >= 0.6 is 0 Å². The number of rotatable bonds is 5. The molecule has 1 aromatic carbocycles. The number of hydrogen-bond donors (Lipinski definition) is 5. The van der Waals surface area contributed by atoms with Crippen molar-refractivity contribution in [2.45, 2.75) is 25.0 Å². The van der Waals surface area contributed by atoms with Crippen LogP contribution in [-0.2, 0) is 4.79 Å². The molecule has 0 aliphatic heterocycles. The Morgan fingerprint density at radius 3 is 2.41 bits per heavy atom. The zero-order chi connectivity index (χ0) is 21.4. The summed E-state index contributed by atoms with van der Waals surface area (Å²) >= 11 is 0. The lowest BCUT2D eigenvalue weighted by atomic mass is 9.95. The molecular formula is C19H16F2N4O4. The molecule has 150 valence electrons. The van der Waals surface area contributed by atoms with Crippen molar-refractivity contribution in [3.05, 3.63) is 53.6 Å². The second-order valence-electron chi connectivity index (χ2n) is 5.95.